The maximum atomic E-state index is 11.9. The molecule has 1 aliphatic heterocycles. The van der Waals surface area contributed by atoms with Gasteiger partial charge in [0, 0.05) is 38.4 Å². The van der Waals surface area contributed by atoms with E-state index in [-0.39, 0.29) is 0 Å². The number of ether oxygens (including phenoxy) is 2. The lowest BCUT2D eigenvalue weighted by atomic mass is 10.1. The van der Waals surface area contributed by atoms with Crippen molar-refractivity contribution in [2.75, 3.05) is 45.2 Å². The van der Waals surface area contributed by atoms with Gasteiger partial charge in [-0.25, -0.2) is 4.79 Å². The van der Waals surface area contributed by atoms with Gasteiger partial charge in [-0.1, -0.05) is 0 Å². The van der Waals surface area contributed by atoms with Gasteiger partial charge in [-0.3, -0.25) is 5.32 Å². The number of nitrogens with one attached hydrogen (secondary N) is 2. The Balaban J connectivity index is 1.99. The van der Waals surface area contributed by atoms with Crippen LogP contribution in [0.3, 0.4) is 0 Å². The van der Waals surface area contributed by atoms with E-state index in [1.807, 2.05) is 39.0 Å². The number of carbonyl (C=O) groups is 1. The zero-order chi connectivity index (χ0) is 17.6. The second-order valence-corrected chi connectivity index (χ2v) is 7.00. The number of hydrogen-bond donors (Lipinski definition) is 2. The Kier molecular flexibility index (Phi) is 6.45. The smallest absolute Gasteiger partial charge is 0.412 e. The van der Waals surface area contributed by atoms with Gasteiger partial charge < -0.3 is 19.7 Å². The molecule has 6 nitrogen and oxygen atoms in total. The summed E-state index contributed by atoms with van der Waals surface area (Å²) in [7, 11) is 1.67. The van der Waals surface area contributed by atoms with Gasteiger partial charge in [0.05, 0.1) is 7.11 Å². The van der Waals surface area contributed by atoms with E-state index >= 15 is 0 Å². The maximum absolute atomic E-state index is 11.9. The van der Waals surface area contributed by atoms with Crippen molar-refractivity contribution in [1.82, 2.24) is 10.2 Å². The van der Waals surface area contributed by atoms with E-state index in [0.717, 1.165) is 56.1 Å². The SMILES string of the molecule is COc1ccc(NC(=O)OC(C)(C)C)cc1CCN1CCNCC1. The van der Waals surface area contributed by atoms with Crippen LogP contribution in [0, 0.1) is 0 Å². The van der Waals surface area contributed by atoms with Gasteiger partial charge in [-0.05, 0) is 51.0 Å². The summed E-state index contributed by atoms with van der Waals surface area (Å²) in [6.45, 7) is 10.7. The molecule has 0 atom stereocenters. The molecule has 1 saturated heterocycles. The Labute approximate surface area is 144 Å². The van der Waals surface area contributed by atoms with Crippen molar-refractivity contribution in [3.63, 3.8) is 0 Å². The minimum absolute atomic E-state index is 0.444. The standard InChI is InChI=1S/C18H29N3O3/c1-18(2,3)24-17(22)20-15-5-6-16(23-4)14(13-15)7-10-21-11-8-19-9-12-21/h5-6,13,19H,7-12H2,1-4H3,(H,20,22). The van der Waals surface area contributed by atoms with Crippen LogP contribution in [0.4, 0.5) is 10.5 Å². The Morgan fingerprint density at radius 2 is 2.00 bits per heavy atom. The zero-order valence-electron chi connectivity index (χ0n) is 15.1. The fraction of sp³-hybridized carbons (Fsp3) is 0.611. The number of amides is 1. The molecule has 0 aliphatic carbocycles. The summed E-state index contributed by atoms with van der Waals surface area (Å²) in [6, 6.07) is 5.68. The first-order valence-electron chi connectivity index (χ1n) is 8.47. The summed E-state index contributed by atoms with van der Waals surface area (Å²) in [5.41, 5.74) is 1.30. The first kappa shape index (κ1) is 18.5. The van der Waals surface area contributed by atoms with Crippen LogP contribution in [0.5, 0.6) is 5.75 Å². The Morgan fingerprint density at radius 1 is 1.29 bits per heavy atom. The third-order valence-electron chi connectivity index (χ3n) is 3.83. The topological polar surface area (TPSA) is 62.8 Å². The van der Waals surface area contributed by atoms with Crippen molar-refractivity contribution in [3.8, 4) is 5.75 Å². The fourth-order valence-corrected chi connectivity index (χ4v) is 2.69. The molecule has 1 heterocycles. The van der Waals surface area contributed by atoms with Crippen molar-refractivity contribution in [2.24, 2.45) is 0 Å². The third-order valence-corrected chi connectivity index (χ3v) is 3.83. The van der Waals surface area contributed by atoms with E-state index in [4.69, 9.17) is 9.47 Å². The van der Waals surface area contributed by atoms with E-state index < -0.39 is 11.7 Å². The van der Waals surface area contributed by atoms with Crippen LogP contribution >= 0.6 is 0 Å². The molecule has 0 aromatic heterocycles. The molecule has 1 aromatic rings. The zero-order valence-corrected chi connectivity index (χ0v) is 15.1. The van der Waals surface area contributed by atoms with E-state index in [9.17, 15) is 4.79 Å². The number of methoxy groups -OCH3 is 1. The molecular formula is C18H29N3O3. The number of piperazine rings is 1. The molecule has 0 spiro atoms. The van der Waals surface area contributed by atoms with Crippen molar-refractivity contribution >= 4 is 11.8 Å². The third kappa shape index (κ3) is 6.02. The van der Waals surface area contributed by atoms with E-state index in [0.29, 0.717) is 0 Å². The fourth-order valence-electron chi connectivity index (χ4n) is 2.69. The van der Waals surface area contributed by atoms with Crippen molar-refractivity contribution in [3.05, 3.63) is 23.8 Å². The highest BCUT2D eigenvalue weighted by atomic mass is 16.6. The molecule has 2 rings (SSSR count). The van der Waals surface area contributed by atoms with Crippen LogP contribution in [-0.4, -0.2) is 56.4 Å². The van der Waals surface area contributed by atoms with E-state index in [2.05, 4.69) is 15.5 Å². The molecule has 2 N–H and O–H groups in total. The van der Waals surface area contributed by atoms with Gasteiger partial charge in [0.1, 0.15) is 11.4 Å². The predicted octanol–water partition coefficient (Wildman–Crippen LogP) is 2.49. The minimum Gasteiger partial charge on any atom is -0.496 e. The summed E-state index contributed by atoms with van der Waals surface area (Å²) in [6.07, 6.45) is 0.438. The van der Waals surface area contributed by atoms with Gasteiger partial charge in [-0.2, -0.15) is 0 Å². The summed E-state index contributed by atoms with van der Waals surface area (Å²) < 4.78 is 10.7. The van der Waals surface area contributed by atoms with Crippen LogP contribution in [0.15, 0.2) is 18.2 Å². The lowest BCUT2D eigenvalue weighted by Gasteiger charge is -2.27. The highest BCUT2D eigenvalue weighted by Gasteiger charge is 2.17. The lowest BCUT2D eigenvalue weighted by molar-refractivity contribution is 0.0636. The largest absolute Gasteiger partial charge is 0.496 e. The molecule has 134 valence electrons. The Bertz CT molecular complexity index is 549. The van der Waals surface area contributed by atoms with Gasteiger partial charge in [0.15, 0.2) is 0 Å². The molecule has 0 saturated carbocycles. The molecular weight excluding hydrogens is 306 g/mol. The molecule has 24 heavy (non-hydrogen) atoms. The molecule has 1 aromatic carbocycles. The number of hydrogen-bond acceptors (Lipinski definition) is 5. The number of rotatable bonds is 5. The lowest BCUT2D eigenvalue weighted by Crippen LogP contribution is -2.44. The van der Waals surface area contributed by atoms with Crippen molar-refractivity contribution < 1.29 is 14.3 Å². The number of anilines is 1. The number of nitrogens with zero attached hydrogens (tertiary/aromatic N) is 1. The second-order valence-electron chi connectivity index (χ2n) is 7.00. The minimum atomic E-state index is -0.512. The molecule has 6 heteroatoms. The molecule has 0 bridgehead atoms. The maximum Gasteiger partial charge on any atom is 0.412 e. The van der Waals surface area contributed by atoms with E-state index in [1.54, 1.807) is 7.11 Å². The first-order valence-corrected chi connectivity index (χ1v) is 8.47. The van der Waals surface area contributed by atoms with Crippen LogP contribution in [0.1, 0.15) is 26.3 Å². The first-order chi connectivity index (χ1) is 11.4. The highest BCUT2D eigenvalue weighted by Crippen LogP contribution is 2.24. The van der Waals surface area contributed by atoms with Gasteiger partial charge in [0.2, 0.25) is 0 Å². The number of benzene rings is 1. The van der Waals surface area contributed by atoms with Crippen molar-refractivity contribution in [1.29, 1.82) is 0 Å². The van der Waals surface area contributed by atoms with Gasteiger partial charge >= 0.3 is 6.09 Å². The average Bonchev–Trinajstić information content (AvgIpc) is 2.52. The van der Waals surface area contributed by atoms with Crippen LogP contribution in [0.25, 0.3) is 0 Å². The molecule has 1 fully saturated rings. The normalized spacial score (nSPS) is 15.8. The summed E-state index contributed by atoms with van der Waals surface area (Å²) in [4.78, 5) is 14.4. The molecule has 0 unspecified atom stereocenters. The molecule has 1 amide bonds. The monoisotopic (exact) mass is 335 g/mol. The van der Waals surface area contributed by atoms with Crippen LogP contribution in [0.2, 0.25) is 0 Å². The average molecular weight is 335 g/mol. The van der Waals surface area contributed by atoms with Gasteiger partial charge in [-0.15, -0.1) is 0 Å². The molecule has 1 aliphatic rings. The van der Waals surface area contributed by atoms with Gasteiger partial charge in [0.25, 0.3) is 0 Å². The van der Waals surface area contributed by atoms with Crippen LogP contribution in [-0.2, 0) is 11.2 Å². The summed E-state index contributed by atoms with van der Waals surface area (Å²) >= 11 is 0. The van der Waals surface area contributed by atoms with Crippen molar-refractivity contribution in [2.45, 2.75) is 32.8 Å². The number of carbonyl (C=O) groups excluding carboxylic acids is 1. The highest BCUT2D eigenvalue weighted by molar-refractivity contribution is 5.85. The Morgan fingerprint density at radius 3 is 2.62 bits per heavy atom. The summed E-state index contributed by atoms with van der Waals surface area (Å²) in [5, 5.41) is 6.14. The van der Waals surface area contributed by atoms with E-state index in [1.165, 1.54) is 0 Å². The quantitative estimate of drug-likeness (QED) is 0.866. The summed E-state index contributed by atoms with van der Waals surface area (Å²) in [5.74, 6) is 0.847. The Hall–Kier alpha value is -1.79. The predicted molar refractivity (Wildman–Crippen MR) is 95.9 cm³/mol. The molecule has 0 radical (unpaired) electrons. The van der Waals surface area contributed by atoms with Crippen LogP contribution < -0.4 is 15.4 Å². The second kappa shape index (κ2) is 8.35.